The number of carbonyl (C=O) groups is 1. The molecule has 6 heteroatoms. The van der Waals surface area contributed by atoms with Gasteiger partial charge in [0.25, 0.3) is 0 Å². The molecule has 0 saturated carbocycles. The highest BCUT2D eigenvalue weighted by molar-refractivity contribution is 5.76. The van der Waals surface area contributed by atoms with Crippen molar-refractivity contribution in [1.82, 2.24) is 24.2 Å². The Morgan fingerprint density at radius 2 is 1.92 bits per heavy atom. The first-order chi connectivity index (χ1) is 12.5. The van der Waals surface area contributed by atoms with Crippen molar-refractivity contribution < 1.29 is 4.79 Å². The molecule has 0 fully saturated rings. The summed E-state index contributed by atoms with van der Waals surface area (Å²) in [7, 11) is 0. The van der Waals surface area contributed by atoms with E-state index < -0.39 is 0 Å². The van der Waals surface area contributed by atoms with E-state index in [1.807, 2.05) is 49.2 Å². The van der Waals surface area contributed by atoms with Crippen molar-refractivity contribution in [2.24, 2.45) is 0 Å². The van der Waals surface area contributed by atoms with Gasteiger partial charge in [-0.05, 0) is 32.4 Å². The number of carbonyl (C=O) groups excluding carboxylic acids is 1. The summed E-state index contributed by atoms with van der Waals surface area (Å²) in [5.74, 6) is 1.01. The first-order valence-corrected chi connectivity index (χ1v) is 8.89. The van der Waals surface area contributed by atoms with Crippen LogP contribution in [0, 0.1) is 20.8 Å². The van der Waals surface area contributed by atoms with Crippen LogP contribution in [0.2, 0.25) is 0 Å². The second-order valence-corrected chi connectivity index (χ2v) is 6.96. The Balaban J connectivity index is 1.67. The molecule has 3 aromatic rings. The number of fused-ring (bicyclic) bond motifs is 1. The third kappa shape index (κ3) is 2.92. The summed E-state index contributed by atoms with van der Waals surface area (Å²) in [6.45, 7) is 7.49. The standard InChI is InChI=1S/C20H23N5O/c1-14-9-15(2)25(22-14)13-20(26)24-12-19-21-10-16(3)23(19)11-18(24)17-7-5-4-6-8-17/h4-10,18H,11-13H2,1-3H3/t18-/m0/s1. The van der Waals surface area contributed by atoms with E-state index in [1.54, 1.807) is 4.68 Å². The molecule has 0 N–H and O–H groups in total. The lowest BCUT2D eigenvalue weighted by Gasteiger charge is -2.37. The van der Waals surface area contributed by atoms with Gasteiger partial charge in [0.15, 0.2) is 0 Å². The molecule has 0 saturated heterocycles. The molecule has 26 heavy (non-hydrogen) atoms. The number of benzene rings is 1. The largest absolute Gasteiger partial charge is 0.328 e. The zero-order chi connectivity index (χ0) is 18.3. The number of aryl methyl sites for hydroxylation is 3. The summed E-state index contributed by atoms with van der Waals surface area (Å²) in [5, 5.41) is 4.44. The molecular weight excluding hydrogens is 326 g/mol. The molecule has 1 amide bonds. The monoisotopic (exact) mass is 349 g/mol. The van der Waals surface area contributed by atoms with Gasteiger partial charge in [-0.25, -0.2) is 4.98 Å². The van der Waals surface area contributed by atoms with Gasteiger partial charge in [0.05, 0.1) is 18.3 Å². The molecule has 6 nitrogen and oxygen atoms in total. The van der Waals surface area contributed by atoms with E-state index >= 15 is 0 Å². The number of amides is 1. The molecule has 0 radical (unpaired) electrons. The lowest BCUT2D eigenvalue weighted by atomic mass is 10.0. The van der Waals surface area contributed by atoms with E-state index in [2.05, 4.69) is 33.7 Å². The second-order valence-electron chi connectivity index (χ2n) is 6.96. The number of aromatic nitrogens is 4. The van der Waals surface area contributed by atoms with Crippen molar-refractivity contribution in [3.63, 3.8) is 0 Å². The van der Waals surface area contributed by atoms with Crippen LogP contribution in [-0.4, -0.2) is 30.1 Å². The molecule has 1 aromatic carbocycles. The summed E-state index contributed by atoms with van der Waals surface area (Å²) in [4.78, 5) is 19.6. The molecule has 0 unspecified atom stereocenters. The molecule has 1 aliphatic heterocycles. The van der Waals surface area contributed by atoms with E-state index in [0.717, 1.165) is 35.0 Å². The average Bonchev–Trinajstić information content (AvgIpc) is 3.16. The fraction of sp³-hybridized carbons (Fsp3) is 0.350. The Labute approximate surface area is 153 Å². The summed E-state index contributed by atoms with van der Waals surface area (Å²) in [6.07, 6.45) is 1.88. The van der Waals surface area contributed by atoms with E-state index in [4.69, 9.17) is 0 Å². The van der Waals surface area contributed by atoms with Crippen LogP contribution >= 0.6 is 0 Å². The first kappa shape index (κ1) is 16.6. The summed E-state index contributed by atoms with van der Waals surface area (Å²) >= 11 is 0. The van der Waals surface area contributed by atoms with Crippen LogP contribution in [0.15, 0.2) is 42.6 Å². The molecule has 2 aromatic heterocycles. The van der Waals surface area contributed by atoms with E-state index in [9.17, 15) is 4.79 Å². The highest BCUT2D eigenvalue weighted by atomic mass is 16.2. The fourth-order valence-corrected chi connectivity index (χ4v) is 3.70. The van der Waals surface area contributed by atoms with Crippen LogP contribution in [0.25, 0.3) is 0 Å². The van der Waals surface area contributed by atoms with Crippen LogP contribution in [0.5, 0.6) is 0 Å². The second kappa shape index (κ2) is 6.44. The Bertz CT molecular complexity index is 941. The predicted octanol–water partition coefficient (Wildman–Crippen LogP) is 2.79. The van der Waals surface area contributed by atoms with Gasteiger partial charge in [-0.2, -0.15) is 5.10 Å². The van der Waals surface area contributed by atoms with Gasteiger partial charge in [0.1, 0.15) is 12.4 Å². The summed E-state index contributed by atoms with van der Waals surface area (Å²) in [5.41, 5.74) is 4.21. The smallest absolute Gasteiger partial charge is 0.245 e. The molecule has 3 heterocycles. The topological polar surface area (TPSA) is 56.0 Å². The van der Waals surface area contributed by atoms with Crippen molar-refractivity contribution in [2.75, 3.05) is 0 Å². The quantitative estimate of drug-likeness (QED) is 0.731. The highest BCUT2D eigenvalue weighted by Crippen LogP contribution is 2.30. The lowest BCUT2D eigenvalue weighted by molar-refractivity contribution is -0.136. The van der Waals surface area contributed by atoms with E-state index in [0.29, 0.717) is 6.54 Å². The lowest BCUT2D eigenvalue weighted by Crippen LogP contribution is -2.43. The predicted molar refractivity (Wildman–Crippen MR) is 98.4 cm³/mol. The van der Waals surface area contributed by atoms with Crippen molar-refractivity contribution in [1.29, 1.82) is 0 Å². The zero-order valence-electron chi connectivity index (χ0n) is 15.4. The van der Waals surface area contributed by atoms with Gasteiger partial charge in [-0.3, -0.25) is 9.48 Å². The van der Waals surface area contributed by atoms with E-state index in [-0.39, 0.29) is 18.5 Å². The first-order valence-electron chi connectivity index (χ1n) is 8.89. The number of imidazole rings is 1. The van der Waals surface area contributed by atoms with E-state index in [1.165, 1.54) is 0 Å². The maximum absolute atomic E-state index is 13.2. The van der Waals surface area contributed by atoms with Gasteiger partial charge in [0.2, 0.25) is 5.91 Å². The summed E-state index contributed by atoms with van der Waals surface area (Å²) < 4.78 is 4.00. The molecule has 1 atom stereocenters. The normalized spacial score (nSPS) is 16.6. The minimum atomic E-state index is 0.000986. The van der Waals surface area contributed by atoms with Crippen LogP contribution in [0.4, 0.5) is 0 Å². The number of rotatable bonds is 3. The maximum Gasteiger partial charge on any atom is 0.245 e. The summed E-state index contributed by atoms with van der Waals surface area (Å²) in [6, 6.07) is 12.2. The molecule has 134 valence electrons. The molecule has 4 rings (SSSR count). The molecule has 0 spiro atoms. The highest BCUT2D eigenvalue weighted by Gasteiger charge is 2.32. The van der Waals surface area contributed by atoms with Crippen LogP contribution in [0.3, 0.4) is 0 Å². The SMILES string of the molecule is Cc1cc(C)n(CC(=O)N2Cc3ncc(C)n3C[C@H]2c2ccccc2)n1. The van der Waals surface area contributed by atoms with Gasteiger partial charge in [-0.15, -0.1) is 0 Å². The van der Waals surface area contributed by atoms with Gasteiger partial charge in [-0.1, -0.05) is 30.3 Å². The van der Waals surface area contributed by atoms with Gasteiger partial charge in [0, 0.05) is 24.1 Å². The number of hydrogen-bond donors (Lipinski definition) is 0. The zero-order valence-corrected chi connectivity index (χ0v) is 15.4. The van der Waals surface area contributed by atoms with Gasteiger partial charge >= 0.3 is 0 Å². The van der Waals surface area contributed by atoms with Crippen molar-refractivity contribution >= 4 is 5.91 Å². The average molecular weight is 349 g/mol. The minimum Gasteiger partial charge on any atom is -0.328 e. The maximum atomic E-state index is 13.2. The molecule has 0 bridgehead atoms. The Hall–Kier alpha value is -2.89. The fourth-order valence-electron chi connectivity index (χ4n) is 3.70. The Morgan fingerprint density at radius 3 is 2.62 bits per heavy atom. The molecule has 1 aliphatic rings. The van der Waals surface area contributed by atoms with Crippen molar-refractivity contribution in [3.8, 4) is 0 Å². The van der Waals surface area contributed by atoms with Crippen LogP contribution in [0.1, 0.15) is 34.5 Å². The molecular formula is C20H23N5O. The van der Waals surface area contributed by atoms with Crippen molar-refractivity contribution in [3.05, 3.63) is 71.1 Å². The van der Waals surface area contributed by atoms with Crippen molar-refractivity contribution in [2.45, 2.75) is 46.4 Å². The molecule has 0 aliphatic carbocycles. The van der Waals surface area contributed by atoms with Crippen LogP contribution < -0.4 is 0 Å². The third-order valence-electron chi connectivity index (χ3n) is 5.07. The number of hydrogen-bond acceptors (Lipinski definition) is 3. The third-order valence-corrected chi connectivity index (χ3v) is 5.07. The van der Waals surface area contributed by atoms with Crippen LogP contribution in [-0.2, 0) is 24.4 Å². The Morgan fingerprint density at radius 1 is 1.15 bits per heavy atom. The Kier molecular flexibility index (Phi) is 4.11. The minimum absolute atomic E-state index is 0.000986. The van der Waals surface area contributed by atoms with Gasteiger partial charge < -0.3 is 9.47 Å². The number of nitrogens with zero attached hydrogens (tertiary/aromatic N) is 5.